The third-order valence-electron chi connectivity index (χ3n) is 3.87. The van der Waals surface area contributed by atoms with E-state index in [0.29, 0.717) is 13.1 Å². The van der Waals surface area contributed by atoms with Gasteiger partial charge in [0, 0.05) is 18.5 Å². The molecule has 5 nitrogen and oxygen atoms in total. The largest absolute Gasteiger partial charge is 0.467 e. The molecule has 2 heterocycles. The van der Waals surface area contributed by atoms with Gasteiger partial charge in [0.15, 0.2) is 0 Å². The smallest absolute Gasteiger partial charge is 0.226 e. The summed E-state index contributed by atoms with van der Waals surface area (Å²) >= 11 is 0. The number of amides is 2. The van der Waals surface area contributed by atoms with Crippen molar-refractivity contribution in [1.29, 1.82) is 0 Å². The molecule has 1 unspecified atom stereocenters. The van der Waals surface area contributed by atoms with E-state index in [-0.39, 0.29) is 30.7 Å². The predicted molar refractivity (Wildman–Crippen MR) is 88.6 cm³/mol. The molecule has 3 rings (SSSR count). The summed E-state index contributed by atoms with van der Waals surface area (Å²) in [5, 5.41) is 2.78. The summed E-state index contributed by atoms with van der Waals surface area (Å²) in [6.07, 6.45) is 1.81. The fraction of sp³-hybridized carbons (Fsp3) is 0.263. The summed E-state index contributed by atoms with van der Waals surface area (Å²) in [4.78, 5) is 25.8. The first-order chi connectivity index (χ1) is 11.7. The number of hydrogen-bond donors (Lipinski definition) is 1. The SMILES string of the molecule is O=C(NCC#Cc1ccccc1)C1CC(=O)N(Cc2ccco2)C1. The van der Waals surface area contributed by atoms with Crippen LogP contribution >= 0.6 is 0 Å². The van der Waals surface area contributed by atoms with E-state index >= 15 is 0 Å². The molecule has 2 amide bonds. The van der Waals surface area contributed by atoms with Crippen molar-refractivity contribution in [1.82, 2.24) is 10.2 Å². The molecule has 1 aromatic carbocycles. The van der Waals surface area contributed by atoms with Crippen molar-refractivity contribution in [2.24, 2.45) is 5.92 Å². The van der Waals surface area contributed by atoms with E-state index in [9.17, 15) is 9.59 Å². The Balaban J connectivity index is 1.47. The number of furan rings is 1. The van der Waals surface area contributed by atoms with Gasteiger partial charge >= 0.3 is 0 Å². The molecule has 1 atom stereocenters. The summed E-state index contributed by atoms with van der Waals surface area (Å²) in [5.41, 5.74) is 0.910. The molecule has 1 aliphatic heterocycles. The van der Waals surface area contributed by atoms with Crippen molar-refractivity contribution in [3.63, 3.8) is 0 Å². The Morgan fingerprint density at radius 3 is 2.83 bits per heavy atom. The summed E-state index contributed by atoms with van der Waals surface area (Å²) in [7, 11) is 0. The van der Waals surface area contributed by atoms with Crippen LogP contribution in [0.15, 0.2) is 53.1 Å². The molecule has 1 aliphatic rings. The zero-order chi connectivity index (χ0) is 16.8. The summed E-state index contributed by atoms with van der Waals surface area (Å²) < 4.78 is 5.25. The number of nitrogens with one attached hydrogen (secondary N) is 1. The quantitative estimate of drug-likeness (QED) is 0.873. The van der Waals surface area contributed by atoms with E-state index in [1.165, 1.54) is 0 Å². The van der Waals surface area contributed by atoms with Crippen molar-refractivity contribution < 1.29 is 14.0 Å². The van der Waals surface area contributed by atoms with E-state index in [4.69, 9.17) is 4.42 Å². The van der Waals surface area contributed by atoms with Crippen LogP contribution in [0.5, 0.6) is 0 Å². The highest BCUT2D eigenvalue weighted by molar-refractivity contribution is 5.89. The molecule has 1 saturated heterocycles. The van der Waals surface area contributed by atoms with Gasteiger partial charge in [0.2, 0.25) is 11.8 Å². The third kappa shape index (κ3) is 4.05. The normalized spacial score (nSPS) is 16.6. The molecule has 1 N–H and O–H groups in total. The Morgan fingerprint density at radius 1 is 1.25 bits per heavy atom. The molecule has 122 valence electrons. The van der Waals surface area contributed by atoms with Crippen LogP contribution in [-0.4, -0.2) is 29.8 Å². The van der Waals surface area contributed by atoms with Gasteiger partial charge < -0.3 is 14.6 Å². The summed E-state index contributed by atoms with van der Waals surface area (Å²) in [5.74, 6) is 6.14. The molecule has 1 aromatic heterocycles. The second-order valence-electron chi connectivity index (χ2n) is 5.64. The maximum Gasteiger partial charge on any atom is 0.226 e. The van der Waals surface area contributed by atoms with E-state index in [1.54, 1.807) is 17.2 Å². The van der Waals surface area contributed by atoms with Crippen LogP contribution in [0.3, 0.4) is 0 Å². The fourth-order valence-corrected chi connectivity index (χ4v) is 2.63. The van der Waals surface area contributed by atoms with Crippen LogP contribution in [0.1, 0.15) is 17.7 Å². The molecule has 2 aromatic rings. The molecule has 24 heavy (non-hydrogen) atoms. The average Bonchev–Trinajstić information content (AvgIpc) is 3.23. The first kappa shape index (κ1) is 15.9. The summed E-state index contributed by atoms with van der Waals surface area (Å²) in [6.45, 7) is 1.09. The van der Waals surface area contributed by atoms with Crippen molar-refractivity contribution >= 4 is 11.8 Å². The van der Waals surface area contributed by atoms with Crippen LogP contribution in [0.4, 0.5) is 0 Å². The minimum Gasteiger partial charge on any atom is -0.467 e. The lowest BCUT2D eigenvalue weighted by atomic mass is 10.1. The first-order valence-corrected chi connectivity index (χ1v) is 7.84. The van der Waals surface area contributed by atoms with Gasteiger partial charge in [-0.05, 0) is 24.3 Å². The molecule has 1 fully saturated rings. The van der Waals surface area contributed by atoms with Gasteiger partial charge in [0.05, 0.1) is 25.3 Å². The van der Waals surface area contributed by atoms with Crippen LogP contribution in [0, 0.1) is 17.8 Å². The van der Waals surface area contributed by atoms with Gasteiger partial charge in [0.1, 0.15) is 5.76 Å². The number of likely N-dealkylation sites (tertiary alicyclic amines) is 1. The van der Waals surface area contributed by atoms with E-state index in [2.05, 4.69) is 17.2 Å². The Hall–Kier alpha value is -3.00. The lowest BCUT2D eigenvalue weighted by Crippen LogP contribution is -2.33. The molecule has 0 spiro atoms. The number of hydrogen-bond acceptors (Lipinski definition) is 3. The van der Waals surface area contributed by atoms with Gasteiger partial charge in [-0.1, -0.05) is 30.0 Å². The van der Waals surface area contributed by atoms with E-state index in [0.717, 1.165) is 11.3 Å². The minimum atomic E-state index is -0.328. The van der Waals surface area contributed by atoms with Gasteiger partial charge in [-0.15, -0.1) is 0 Å². The Kier molecular flexibility index (Phi) is 4.97. The van der Waals surface area contributed by atoms with Crippen molar-refractivity contribution in [3.8, 4) is 11.8 Å². The lowest BCUT2D eigenvalue weighted by molar-refractivity contribution is -0.129. The average molecular weight is 322 g/mol. The Labute approximate surface area is 140 Å². The number of carbonyl (C=O) groups is 2. The van der Waals surface area contributed by atoms with Crippen molar-refractivity contribution in [2.75, 3.05) is 13.1 Å². The second-order valence-corrected chi connectivity index (χ2v) is 5.64. The molecule has 0 radical (unpaired) electrons. The highest BCUT2D eigenvalue weighted by Gasteiger charge is 2.34. The Morgan fingerprint density at radius 2 is 2.08 bits per heavy atom. The van der Waals surface area contributed by atoms with Gasteiger partial charge in [0.25, 0.3) is 0 Å². The predicted octanol–water partition coefficient (Wildman–Crippen LogP) is 1.80. The lowest BCUT2D eigenvalue weighted by Gasteiger charge is -2.14. The third-order valence-corrected chi connectivity index (χ3v) is 3.87. The first-order valence-electron chi connectivity index (χ1n) is 7.84. The highest BCUT2D eigenvalue weighted by Crippen LogP contribution is 2.20. The van der Waals surface area contributed by atoms with Crippen LogP contribution in [-0.2, 0) is 16.1 Å². The minimum absolute atomic E-state index is 0.0260. The van der Waals surface area contributed by atoms with Gasteiger partial charge in [-0.25, -0.2) is 0 Å². The highest BCUT2D eigenvalue weighted by atomic mass is 16.3. The van der Waals surface area contributed by atoms with Gasteiger partial charge in [-0.2, -0.15) is 0 Å². The van der Waals surface area contributed by atoms with Crippen molar-refractivity contribution in [3.05, 3.63) is 60.1 Å². The number of rotatable bonds is 4. The molecule has 0 aliphatic carbocycles. The standard InChI is InChI=1S/C19H18N2O3/c22-18-12-16(13-21(18)14-17-9-5-11-24-17)19(23)20-10-4-8-15-6-2-1-3-7-15/h1-3,5-7,9,11,16H,10,12-14H2,(H,20,23). The topological polar surface area (TPSA) is 62.6 Å². The monoisotopic (exact) mass is 322 g/mol. The Bertz CT molecular complexity index is 757. The maximum absolute atomic E-state index is 12.2. The van der Waals surface area contributed by atoms with Crippen LogP contribution in [0.2, 0.25) is 0 Å². The van der Waals surface area contributed by atoms with Crippen LogP contribution < -0.4 is 5.32 Å². The number of benzene rings is 1. The van der Waals surface area contributed by atoms with Gasteiger partial charge in [-0.3, -0.25) is 9.59 Å². The summed E-state index contributed by atoms with van der Waals surface area (Å²) in [6, 6.07) is 13.2. The van der Waals surface area contributed by atoms with Crippen molar-refractivity contribution in [2.45, 2.75) is 13.0 Å². The second kappa shape index (κ2) is 7.51. The molecular weight excluding hydrogens is 304 g/mol. The number of carbonyl (C=O) groups excluding carboxylic acids is 2. The van der Waals surface area contributed by atoms with E-state index < -0.39 is 0 Å². The molecular formula is C19H18N2O3. The zero-order valence-electron chi connectivity index (χ0n) is 13.2. The molecule has 0 saturated carbocycles. The van der Waals surface area contributed by atoms with E-state index in [1.807, 2.05) is 36.4 Å². The maximum atomic E-state index is 12.2. The van der Waals surface area contributed by atoms with Crippen LogP contribution in [0.25, 0.3) is 0 Å². The number of nitrogens with zero attached hydrogens (tertiary/aromatic N) is 1. The molecule has 0 bridgehead atoms. The fourth-order valence-electron chi connectivity index (χ4n) is 2.63. The zero-order valence-corrected chi connectivity index (χ0v) is 13.2. The molecule has 5 heteroatoms.